The van der Waals surface area contributed by atoms with Crippen LogP contribution in [0.2, 0.25) is 0 Å². The maximum atomic E-state index is 12.8. The molecular formula is C22H24F2N6O2. The minimum atomic E-state index is -2.41. The molecular weight excluding hydrogens is 418 g/mol. The highest BCUT2D eigenvalue weighted by molar-refractivity contribution is 5.86. The average Bonchev–Trinajstić information content (AvgIpc) is 3.35. The van der Waals surface area contributed by atoms with E-state index >= 15 is 0 Å². The Balaban J connectivity index is 1.32. The van der Waals surface area contributed by atoms with Crippen molar-refractivity contribution < 1.29 is 13.5 Å². The van der Waals surface area contributed by atoms with Gasteiger partial charge in [0.2, 0.25) is 5.95 Å². The van der Waals surface area contributed by atoms with E-state index in [2.05, 4.69) is 15.0 Å². The van der Waals surface area contributed by atoms with Gasteiger partial charge in [-0.25, -0.2) is 8.78 Å². The summed E-state index contributed by atoms with van der Waals surface area (Å²) in [5.74, 6) is 1.31. The van der Waals surface area contributed by atoms with Crippen molar-refractivity contribution >= 4 is 27.9 Å². The molecule has 1 aliphatic heterocycles. The summed E-state index contributed by atoms with van der Waals surface area (Å²) in [5.41, 5.74) is 1.07. The third-order valence-corrected chi connectivity index (χ3v) is 5.98. The predicted octanol–water partition coefficient (Wildman–Crippen LogP) is 2.93. The van der Waals surface area contributed by atoms with Gasteiger partial charge in [0.15, 0.2) is 5.65 Å². The second-order valence-electron chi connectivity index (χ2n) is 8.17. The molecule has 5 rings (SSSR count). The van der Waals surface area contributed by atoms with E-state index < -0.39 is 6.43 Å². The Bertz CT molecular complexity index is 1330. The number of ether oxygens (including phenoxy) is 1. The zero-order valence-electron chi connectivity index (χ0n) is 17.9. The molecule has 1 aromatic carbocycles. The molecule has 3 aromatic heterocycles. The standard InChI is InChI=1S/C22H24F2N6O2/c1-27-12-16-20(26-27)25-22(28(2)21(16)31)29-9-6-14(7-10-29)32-18-5-3-4-17-15(18)8-11-30(17)13-19(23)24/h3-5,8,11-12,14,19H,6-7,9-10,13H2,1-2H3. The SMILES string of the molecule is Cn1cc2c(=O)n(C)c(N3CCC(Oc4cccc5c4ccn5CC(F)F)CC3)nc2n1. The van der Waals surface area contributed by atoms with Crippen molar-refractivity contribution in [1.82, 2.24) is 23.9 Å². The Morgan fingerprint density at radius 1 is 1.16 bits per heavy atom. The Labute approximate surface area is 182 Å². The Kier molecular flexibility index (Phi) is 5.07. The van der Waals surface area contributed by atoms with Crippen LogP contribution in [0.3, 0.4) is 0 Å². The van der Waals surface area contributed by atoms with Gasteiger partial charge in [0.25, 0.3) is 12.0 Å². The second-order valence-corrected chi connectivity index (χ2v) is 8.17. The van der Waals surface area contributed by atoms with Gasteiger partial charge in [-0.3, -0.25) is 14.0 Å². The van der Waals surface area contributed by atoms with Crippen molar-refractivity contribution in [3.05, 3.63) is 47.0 Å². The zero-order chi connectivity index (χ0) is 22.4. The third-order valence-electron chi connectivity index (χ3n) is 5.98. The fraction of sp³-hybridized carbons (Fsp3) is 0.409. The van der Waals surface area contributed by atoms with Crippen LogP contribution >= 0.6 is 0 Å². The van der Waals surface area contributed by atoms with Gasteiger partial charge in [-0.15, -0.1) is 0 Å². The van der Waals surface area contributed by atoms with Gasteiger partial charge in [-0.05, 0) is 18.2 Å². The van der Waals surface area contributed by atoms with Gasteiger partial charge >= 0.3 is 0 Å². The van der Waals surface area contributed by atoms with Crippen molar-refractivity contribution in [2.24, 2.45) is 14.1 Å². The van der Waals surface area contributed by atoms with Crippen LogP contribution in [0, 0.1) is 0 Å². The molecule has 32 heavy (non-hydrogen) atoms. The van der Waals surface area contributed by atoms with E-state index in [1.54, 1.807) is 40.3 Å². The van der Waals surface area contributed by atoms with Crippen molar-refractivity contribution in [3.8, 4) is 5.75 Å². The van der Waals surface area contributed by atoms with E-state index in [0.29, 0.717) is 35.8 Å². The van der Waals surface area contributed by atoms with Crippen LogP contribution in [0.5, 0.6) is 5.75 Å². The summed E-state index contributed by atoms with van der Waals surface area (Å²) < 4.78 is 36.6. The van der Waals surface area contributed by atoms with E-state index in [1.807, 2.05) is 24.3 Å². The lowest BCUT2D eigenvalue weighted by molar-refractivity contribution is 0.128. The monoisotopic (exact) mass is 442 g/mol. The Morgan fingerprint density at radius 2 is 1.94 bits per heavy atom. The largest absolute Gasteiger partial charge is 0.490 e. The highest BCUT2D eigenvalue weighted by Gasteiger charge is 2.25. The predicted molar refractivity (Wildman–Crippen MR) is 118 cm³/mol. The van der Waals surface area contributed by atoms with E-state index in [4.69, 9.17) is 4.74 Å². The topological polar surface area (TPSA) is 70.1 Å². The van der Waals surface area contributed by atoms with Crippen molar-refractivity contribution in [2.45, 2.75) is 31.9 Å². The van der Waals surface area contributed by atoms with E-state index in [9.17, 15) is 13.6 Å². The molecule has 0 amide bonds. The molecule has 0 N–H and O–H groups in total. The summed E-state index contributed by atoms with van der Waals surface area (Å²) in [6, 6.07) is 7.36. The maximum absolute atomic E-state index is 12.8. The second kappa shape index (κ2) is 7.92. The first-order valence-corrected chi connectivity index (χ1v) is 10.6. The summed E-state index contributed by atoms with van der Waals surface area (Å²) in [6.07, 6.45) is 2.45. The first kappa shape index (κ1) is 20.5. The number of aromatic nitrogens is 5. The lowest BCUT2D eigenvalue weighted by Crippen LogP contribution is -2.41. The molecule has 0 unspecified atom stereocenters. The summed E-state index contributed by atoms with van der Waals surface area (Å²) >= 11 is 0. The number of rotatable bonds is 5. The Morgan fingerprint density at radius 3 is 2.69 bits per heavy atom. The number of hydrogen-bond acceptors (Lipinski definition) is 5. The van der Waals surface area contributed by atoms with Crippen LogP contribution in [-0.2, 0) is 20.6 Å². The number of hydrogen-bond donors (Lipinski definition) is 0. The van der Waals surface area contributed by atoms with Crippen molar-refractivity contribution in [1.29, 1.82) is 0 Å². The number of anilines is 1. The molecule has 4 aromatic rings. The quantitative estimate of drug-likeness (QED) is 0.475. The summed E-state index contributed by atoms with van der Waals surface area (Å²) in [7, 11) is 3.50. The molecule has 0 radical (unpaired) electrons. The first-order chi connectivity index (χ1) is 15.4. The van der Waals surface area contributed by atoms with E-state index in [1.165, 1.54) is 0 Å². The fourth-order valence-electron chi connectivity index (χ4n) is 4.39. The highest BCUT2D eigenvalue weighted by Crippen LogP contribution is 2.30. The van der Waals surface area contributed by atoms with Crippen molar-refractivity contribution in [3.63, 3.8) is 0 Å². The number of alkyl halides is 2. The van der Waals surface area contributed by atoms with Gasteiger partial charge in [-0.1, -0.05) is 6.07 Å². The van der Waals surface area contributed by atoms with Gasteiger partial charge < -0.3 is 14.2 Å². The first-order valence-electron chi connectivity index (χ1n) is 10.6. The maximum Gasteiger partial charge on any atom is 0.265 e. The van der Waals surface area contributed by atoms with Crippen LogP contribution in [-0.4, -0.2) is 49.5 Å². The van der Waals surface area contributed by atoms with Crippen LogP contribution < -0.4 is 15.2 Å². The van der Waals surface area contributed by atoms with Gasteiger partial charge in [0, 0.05) is 57.8 Å². The fourth-order valence-corrected chi connectivity index (χ4v) is 4.39. The number of piperidine rings is 1. The molecule has 168 valence electrons. The normalized spacial score (nSPS) is 15.3. The average molecular weight is 442 g/mol. The minimum absolute atomic E-state index is 0.00842. The minimum Gasteiger partial charge on any atom is -0.490 e. The van der Waals surface area contributed by atoms with E-state index in [-0.39, 0.29) is 18.2 Å². The summed E-state index contributed by atoms with van der Waals surface area (Å²) in [4.78, 5) is 19.4. The smallest absolute Gasteiger partial charge is 0.265 e. The number of benzene rings is 1. The summed E-state index contributed by atoms with van der Waals surface area (Å²) in [5, 5.41) is 5.62. The van der Waals surface area contributed by atoms with Crippen LogP contribution in [0.25, 0.3) is 21.9 Å². The number of halogens is 2. The molecule has 1 aliphatic rings. The number of nitrogens with zero attached hydrogens (tertiary/aromatic N) is 6. The van der Waals surface area contributed by atoms with Crippen LogP contribution in [0.4, 0.5) is 14.7 Å². The van der Waals surface area contributed by atoms with Gasteiger partial charge in [0.1, 0.15) is 17.2 Å². The molecule has 0 spiro atoms. The van der Waals surface area contributed by atoms with E-state index in [0.717, 1.165) is 23.7 Å². The van der Waals surface area contributed by atoms with Crippen LogP contribution in [0.15, 0.2) is 41.5 Å². The molecule has 10 heteroatoms. The summed E-state index contributed by atoms with van der Waals surface area (Å²) in [6.45, 7) is 1.04. The zero-order valence-corrected chi connectivity index (χ0v) is 17.9. The number of aryl methyl sites for hydroxylation is 1. The molecule has 0 saturated carbocycles. The highest BCUT2D eigenvalue weighted by atomic mass is 19.3. The molecule has 1 fully saturated rings. The lowest BCUT2D eigenvalue weighted by atomic mass is 10.1. The molecule has 4 heterocycles. The van der Waals surface area contributed by atoms with Gasteiger partial charge in [-0.2, -0.15) is 10.1 Å². The van der Waals surface area contributed by atoms with Crippen molar-refractivity contribution in [2.75, 3.05) is 18.0 Å². The molecule has 1 saturated heterocycles. The van der Waals surface area contributed by atoms with Gasteiger partial charge in [0.05, 0.1) is 12.1 Å². The molecule has 0 bridgehead atoms. The number of fused-ring (bicyclic) bond motifs is 2. The molecule has 8 nitrogen and oxygen atoms in total. The molecule has 0 aliphatic carbocycles. The lowest BCUT2D eigenvalue weighted by Gasteiger charge is -2.33. The molecule has 0 atom stereocenters. The van der Waals surface area contributed by atoms with Crippen LogP contribution in [0.1, 0.15) is 12.8 Å². The Hall–Kier alpha value is -3.43. The third kappa shape index (κ3) is 3.59.